The van der Waals surface area contributed by atoms with Crippen LogP contribution in [-0.4, -0.2) is 15.4 Å². The number of aromatic nitrogens is 3. The van der Waals surface area contributed by atoms with Gasteiger partial charge < -0.3 is 0 Å². The van der Waals surface area contributed by atoms with Crippen LogP contribution in [0.2, 0.25) is 0 Å². The molecule has 0 aliphatic heterocycles. The predicted octanol–water partition coefficient (Wildman–Crippen LogP) is 3.38. The van der Waals surface area contributed by atoms with Crippen molar-refractivity contribution in [3.63, 3.8) is 0 Å². The van der Waals surface area contributed by atoms with Crippen LogP contribution in [0, 0.1) is 27.7 Å². The lowest BCUT2D eigenvalue weighted by Crippen LogP contribution is -2.06. The third kappa shape index (κ3) is 2.30. The maximum atomic E-state index is 4.15. The number of hydrogen-bond donors (Lipinski definition) is 1. The lowest BCUT2D eigenvalue weighted by Gasteiger charge is -2.20. The maximum Gasteiger partial charge on any atom is 0.0830 e. The maximum absolute atomic E-state index is 4.15. The van der Waals surface area contributed by atoms with E-state index in [0.717, 1.165) is 12.1 Å². The number of H-pyrrole nitrogens is 1. The van der Waals surface area contributed by atoms with Gasteiger partial charge in [0.25, 0.3) is 0 Å². The van der Waals surface area contributed by atoms with Crippen molar-refractivity contribution in [1.29, 1.82) is 0 Å². The first-order valence-corrected chi connectivity index (χ1v) is 6.42. The van der Waals surface area contributed by atoms with Crippen molar-refractivity contribution in [2.24, 2.45) is 0 Å². The molecule has 1 heterocycles. The van der Waals surface area contributed by atoms with E-state index in [1.807, 2.05) is 6.20 Å². The van der Waals surface area contributed by atoms with Crippen LogP contribution >= 0.6 is 0 Å². The highest BCUT2D eigenvalue weighted by atomic mass is 15.3. The summed E-state index contributed by atoms with van der Waals surface area (Å²) in [7, 11) is 0. The average Bonchev–Trinajstić information content (AvgIpc) is 2.79. The summed E-state index contributed by atoms with van der Waals surface area (Å²) < 4.78 is 0. The molecule has 18 heavy (non-hydrogen) atoms. The highest BCUT2D eigenvalue weighted by Crippen LogP contribution is 2.30. The van der Waals surface area contributed by atoms with E-state index in [9.17, 15) is 0 Å². The molecular weight excluding hydrogens is 222 g/mol. The first kappa shape index (κ1) is 12.8. The Kier molecular flexibility index (Phi) is 3.50. The molecule has 0 amide bonds. The number of benzene rings is 1. The van der Waals surface area contributed by atoms with E-state index in [4.69, 9.17) is 0 Å². The van der Waals surface area contributed by atoms with Crippen LogP contribution in [0.5, 0.6) is 0 Å². The van der Waals surface area contributed by atoms with Gasteiger partial charge in [0.1, 0.15) is 0 Å². The molecular formula is C15H21N3. The molecule has 1 aromatic carbocycles. The van der Waals surface area contributed by atoms with Crippen molar-refractivity contribution in [3.8, 4) is 0 Å². The molecule has 1 aromatic heterocycles. The van der Waals surface area contributed by atoms with Crippen LogP contribution < -0.4 is 0 Å². The van der Waals surface area contributed by atoms with E-state index in [1.54, 1.807) is 0 Å². The number of nitrogens with one attached hydrogen (secondary N) is 1. The Morgan fingerprint density at radius 1 is 1.11 bits per heavy atom. The highest BCUT2D eigenvalue weighted by molar-refractivity contribution is 5.46. The molecule has 0 spiro atoms. The lowest BCUT2D eigenvalue weighted by atomic mass is 9.85. The summed E-state index contributed by atoms with van der Waals surface area (Å²) in [5.41, 5.74) is 8.07. The molecule has 0 saturated carbocycles. The molecule has 0 aliphatic carbocycles. The van der Waals surface area contributed by atoms with Crippen molar-refractivity contribution in [1.82, 2.24) is 15.4 Å². The molecule has 0 saturated heterocycles. The van der Waals surface area contributed by atoms with Crippen LogP contribution in [0.25, 0.3) is 0 Å². The molecule has 3 heteroatoms. The third-order valence-corrected chi connectivity index (χ3v) is 3.90. The SMILES string of the molecule is Cc1cc(C)c(C)c(C(C)Cc2cn[nH]n2)c1C. The van der Waals surface area contributed by atoms with Gasteiger partial charge in [-0.2, -0.15) is 15.4 Å². The fraction of sp³-hybridized carbons (Fsp3) is 0.467. The van der Waals surface area contributed by atoms with Gasteiger partial charge in [0, 0.05) is 0 Å². The minimum atomic E-state index is 0.466. The normalized spacial score (nSPS) is 12.7. The van der Waals surface area contributed by atoms with E-state index in [1.165, 1.54) is 27.8 Å². The standard InChI is InChI=1S/C15H21N3/c1-9-6-10(2)13(5)15(12(9)4)11(3)7-14-8-16-18-17-14/h6,8,11H,7H2,1-5H3,(H,16,17,18). The van der Waals surface area contributed by atoms with Gasteiger partial charge in [-0.05, 0) is 67.9 Å². The van der Waals surface area contributed by atoms with Gasteiger partial charge >= 0.3 is 0 Å². The number of hydrogen-bond acceptors (Lipinski definition) is 2. The Hall–Kier alpha value is -1.64. The predicted molar refractivity (Wildman–Crippen MR) is 73.9 cm³/mol. The van der Waals surface area contributed by atoms with Crippen molar-refractivity contribution in [3.05, 3.63) is 45.8 Å². The first-order valence-electron chi connectivity index (χ1n) is 6.42. The Balaban J connectivity index is 2.38. The monoisotopic (exact) mass is 243 g/mol. The summed E-state index contributed by atoms with van der Waals surface area (Å²) in [6.07, 6.45) is 2.74. The summed E-state index contributed by atoms with van der Waals surface area (Å²) in [6, 6.07) is 2.27. The molecule has 3 nitrogen and oxygen atoms in total. The molecule has 0 aliphatic rings. The summed E-state index contributed by atoms with van der Waals surface area (Å²) in [5, 5.41) is 10.7. The second-order valence-corrected chi connectivity index (χ2v) is 5.24. The van der Waals surface area contributed by atoms with Gasteiger partial charge in [-0.3, -0.25) is 0 Å². The summed E-state index contributed by atoms with van der Waals surface area (Å²) in [5.74, 6) is 0.466. The molecule has 0 fully saturated rings. The summed E-state index contributed by atoms with van der Waals surface area (Å²) in [6.45, 7) is 11.1. The zero-order valence-corrected chi connectivity index (χ0v) is 11.8. The molecule has 2 aromatic rings. The lowest BCUT2D eigenvalue weighted by molar-refractivity contribution is 0.723. The molecule has 1 unspecified atom stereocenters. The van der Waals surface area contributed by atoms with Crippen molar-refractivity contribution < 1.29 is 0 Å². The largest absolute Gasteiger partial charge is 0.198 e. The second kappa shape index (κ2) is 4.92. The molecule has 96 valence electrons. The van der Waals surface area contributed by atoms with E-state index in [-0.39, 0.29) is 0 Å². The Morgan fingerprint density at radius 3 is 2.22 bits per heavy atom. The van der Waals surface area contributed by atoms with Gasteiger partial charge in [0.05, 0.1) is 11.9 Å². The summed E-state index contributed by atoms with van der Waals surface area (Å²) in [4.78, 5) is 0. The molecule has 1 N–H and O–H groups in total. The van der Waals surface area contributed by atoms with Gasteiger partial charge in [0.15, 0.2) is 0 Å². The summed E-state index contributed by atoms with van der Waals surface area (Å²) >= 11 is 0. The highest BCUT2D eigenvalue weighted by Gasteiger charge is 2.16. The zero-order chi connectivity index (χ0) is 13.3. The Morgan fingerprint density at radius 2 is 1.72 bits per heavy atom. The van der Waals surface area contributed by atoms with E-state index in [0.29, 0.717) is 5.92 Å². The van der Waals surface area contributed by atoms with E-state index < -0.39 is 0 Å². The molecule has 0 bridgehead atoms. The van der Waals surface area contributed by atoms with Crippen LogP contribution in [0.1, 0.15) is 46.4 Å². The van der Waals surface area contributed by atoms with Gasteiger partial charge in [-0.15, -0.1) is 0 Å². The second-order valence-electron chi connectivity index (χ2n) is 5.24. The van der Waals surface area contributed by atoms with Crippen LogP contribution in [-0.2, 0) is 6.42 Å². The van der Waals surface area contributed by atoms with Gasteiger partial charge in [-0.1, -0.05) is 13.0 Å². The fourth-order valence-electron chi connectivity index (χ4n) is 2.73. The van der Waals surface area contributed by atoms with E-state index in [2.05, 4.69) is 56.1 Å². The fourth-order valence-corrected chi connectivity index (χ4v) is 2.73. The van der Waals surface area contributed by atoms with Crippen LogP contribution in [0.3, 0.4) is 0 Å². The van der Waals surface area contributed by atoms with Crippen molar-refractivity contribution in [2.75, 3.05) is 0 Å². The molecule has 2 rings (SSSR count). The van der Waals surface area contributed by atoms with Crippen molar-refractivity contribution >= 4 is 0 Å². The number of aromatic amines is 1. The van der Waals surface area contributed by atoms with Crippen molar-refractivity contribution in [2.45, 2.75) is 47.0 Å². The zero-order valence-electron chi connectivity index (χ0n) is 11.8. The number of aryl methyl sites for hydroxylation is 2. The smallest absolute Gasteiger partial charge is 0.0830 e. The number of nitrogens with zero attached hydrogens (tertiary/aromatic N) is 2. The Labute approximate surface area is 109 Å². The minimum absolute atomic E-state index is 0.466. The Bertz CT molecular complexity index is 515. The molecule has 1 atom stereocenters. The van der Waals surface area contributed by atoms with Gasteiger partial charge in [0.2, 0.25) is 0 Å². The number of rotatable bonds is 3. The molecule has 0 radical (unpaired) electrons. The van der Waals surface area contributed by atoms with Crippen LogP contribution in [0.15, 0.2) is 12.3 Å². The average molecular weight is 243 g/mol. The van der Waals surface area contributed by atoms with E-state index >= 15 is 0 Å². The van der Waals surface area contributed by atoms with Gasteiger partial charge in [-0.25, -0.2) is 0 Å². The minimum Gasteiger partial charge on any atom is -0.198 e. The first-order chi connectivity index (χ1) is 8.50. The topological polar surface area (TPSA) is 41.6 Å². The van der Waals surface area contributed by atoms with Crippen LogP contribution in [0.4, 0.5) is 0 Å². The quantitative estimate of drug-likeness (QED) is 0.897. The third-order valence-electron chi connectivity index (χ3n) is 3.90.